The molecule has 0 bridgehead atoms. The fraction of sp³-hybridized carbons (Fsp3) is 0.226. The summed E-state index contributed by atoms with van der Waals surface area (Å²) < 4.78 is 10.1. The van der Waals surface area contributed by atoms with Crippen molar-refractivity contribution >= 4 is 29.0 Å². The Hall–Kier alpha value is -4.12. The molecule has 0 radical (unpaired) electrons. The van der Waals surface area contributed by atoms with Gasteiger partial charge >= 0.3 is 11.9 Å². The van der Waals surface area contributed by atoms with Gasteiger partial charge in [-0.3, -0.25) is 0 Å². The van der Waals surface area contributed by atoms with Crippen LogP contribution in [-0.2, 0) is 31.9 Å². The SMILES string of the molecule is C=CC(=O)OCCCc1ccc(N(c2ccc(C)cc2)c2ccc(CCCOC(=O)C=C)cc2)cc1. The molecule has 3 aromatic rings. The molecular formula is C31H33NO4. The third-order valence-electron chi connectivity index (χ3n) is 5.72. The number of rotatable bonds is 13. The van der Waals surface area contributed by atoms with Crippen molar-refractivity contribution < 1.29 is 19.1 Å². The van der Waals surface area contributed by atoms with Gasteiger partial charge in [0.05, 0.1) is 13.2 Å². The Bertz CT molecular complexity index is 1080. The van der Waals surface area contributed by atoms with Gasteiger partial charge < -0.3 is 14.4 Å². The van der Waals surface area contributed by atoms with Crippen molar-refractivity contribution in [2.24, 2.45) is 0 Å². The highest BCUT2D eigenvalue weighted by Crippen LogP contribution is 2.35. The van der Waals surface area contributed by atoms with Gasteiger partial charge in [0.15, 0.2) is 0 Å². The number of ether oxygens (including phenoxy) is 2. The normalized spacial score (nSPS) is 10.4. The lowest BCUT2D eigenvalue weighted by molar-refractivity contribution is -0.138. The molecule has 5 heteroatoms. The van der Waals surface area contributed by atoms with E-state index in [1.807, 2.05) is 0 Å². The lowest BCUT2D eigenvalue weighted by Crippen LogP contribution is -2.10. The molecule has 0 N–H and O–H groups in total. The first kappa shape index (κ1) is 26.5. The van der Waals surface area contributed by atoms with Crippen LogP contribution < -0.4 is 4.90 Å². The topological polar surface area (TPSA) is 55.8 Å². The first-order valence-electron chi connectivity index (χ1n) is 12.1. The van der Waals surface area contributed by atoms with E-state index in [2.05, 4.69) is 97.8 Å². The van der Waals surface area contributed by atoms with Crippen LogP contribution in [0.4, 0.5) is 17.1 Å². The Labute approximate surface area is 213 Å². The maximum absolute atomic E-state index is 11.2. The highest BCUT2D eigenvalue weighted by Gasteiger charge is 2.12. The number of anilines is 3. The van der Waals surface area contributed by atoms with Crippen LogP contribution in [0.3, 0.4) is 0 Å². The second-order valence-corrected chi connectivity index (χ2v) is 8.45. The molecular weight excluding hydrogens is 450 g/mol. The lowest BCUT2D eigenvalue weighted by Gasteiger charge is -2.26. The Morgan fingerprint density at radius 1 is 0.667 bits per heavy atom. The van der Waals surface area contributed by atoms with Crippen LogP contribution in [-0.4, -0.2) is 25.2 Å². The van der Waals surface area contributed by atoms with Gasteiger partial charge in [-0.1, -0.05) is 55.1 Å². The van der Waals surface area contributed by atoms with Gasteiger partial charge in [-0.2, -0.15) is 0 Å². The largest absolute Gasteiger partial charge is 0.463 e. The summed E-state index contributed by atoms with van der Waals surface area (Å²) in [6.07, 6.45) is 5.53. The summed E-state index contributed by atoms with van der Waals surface area (Å²) in [5.74, 6) is -0.775. The minimum Gasteiger partial charge on any atom is -0.463 e. The molecule has 0 atom stereocenters. The number of hydrogen-bond acceptors (Lipinski definition) is 5. The molecule has 3 rings (SSSR count). The first-order chi connectivity index (χ1) is 17.5. The van der Waals surface area contributed by atoms with Gasteiger partial charge in [0, 0.05) is 29.2 Å². The van der Waals surface area contributed by atoms with Gasteiger partial charge in [-0.05, 0) is 80.1 Å². The van der Waals surface area contributed by atoms with Crippen molar-refractivity contribution in [3.63, 3.8) is 0 Å². The standard InChI is InChI=1S/C31H33NO4/c1-4-30(33)35-22-6-8-25-12-18-28(19-13-25)32(27-16-10-24(3)11-17-27)29-20-14-26(15-21-29)9-7-23-36-31(34)5-2/h4-5,10-21H,1-2,6-9,22-23H2,3H3. The van der Waals surface area contributed by atoms with Gasteiger partial charge in [0.25, 0.3) is 0 Å². The van der Waals surface area contributed by atoms with E-state index in [-0.39, 0.29) is 11.9 Å². The molecule has 0 saturated carbocycles. The second kappa shape index (κ2) is 13.7. The van der Waals surface area contributed by atoms with Crippen molar-refractivity contribution in [1.29, 1.82) is 0 Å². The van der Waals surface area contributed by atoms with E-state index < -0.39 is 0 Å². The summed E-state index contributed by atoms with van der Waals surface area (Å²) in [6.45, 7) is 9.66. The molecule has 0 aliphatic heterocycles. The van der Waals surface area contributed by atoms with Gasteiger partial charge in [0.2, 0.25) is 0 Å². The minimum atomic E-state index is -0.388. The third-order valence-corrected chi connectivity index (χ3v) is 5.72. The van der Waals surface area contributed by atoms with Gasteiger partial charge in [0.1, 0.15) is 0 Å². The minimum absolute atomic E-state index is 0.380. The average Bonchev–Trinajstić information content (AvgIpc) is 2.91. The Morgan fingerprint density at radius 3 is 1.39 bits per heavy atom. The summed E-state index contributed by atoms with van der Waals surface area (Å²) in [5.41, 5.74) is 6.77. The maximum Gasteiger partial charge on any atom is 0.330 e. The van der Waals surface area contributed by atoms with Crippen LogP contribution in [0.5, 0.6) is 0 Å². The van der Waals surface area contributed by atoms with Crippen LogP contribution in [0, 0.1) is 6.92 Å². The fourth-order valence-corrected chi connectivity index (χ4v) is 3.78. The molecule has 0 spiro atoms. The molecule has 0 aliphatic rings. The van der Waals surface area contributed by atoms with E-state index in [4.69, 9.17) is 9.47 Å². The van der Waals surface area contributed by atoms with E-state index in [1.165, 1.54) is 28.8 Å². The number of hydrogen-bond donors (Lipinski definition) is 0. The number of carbonyl (C=O) groups excluding carboxylic acids is 2. The summed E-state index contributed by atoms with van der Waals surface area (Å²) in [4.78, 5) is 24.6. The average molecular weight is 484 g/mol. The molecule has 186 valence electrons. The summed E-state index contributed by atoms with van der Waals surface area (Å²) in [5, 5.41) is 0. The second-order valence-electron chi connectivity index (χ2n) is 8.45. The molecule has 0 aromatic heterocycles. The number of aryl methyl sites for hydroxylation is 3. The van der Waals surface area contributed by atoms with Crippen molar-refractivity contribution in [2.75, 3.05) is 18.1 Å². The zero-order valence-corrected chi connectivity index (χ0v) is 20.8. The monoisotopic (exact) mass is 483 g/mol. The van der Waals surface area contributed by atoms with E-state index in [1.54, 1.807) is 0 Å². The third kappa shape index (κ3) is 7.98. The van der Waals surface area contributed by atoms with Crippen molar-refractivity contribution in [2.45, 2.75) is 32.6 Å². The van der Waals surface area contributed by atoms with Crippen molar-refractivity contribution in [1.82, 2.24) is 0 Å². The van der Waals surface area contributed by atoms with E-state index >= 15 is 0 Å². The van der Waals surface area contributed by atoms with Crippen LogP contribution >= 0.6 is 0 Å². The van der Waals surface area contributed by atoms with Gasteiger partial charge in [-0.15, -0.1) is 0 Å². The highest BCUT2D eigenvalue weighted by atomic mass is 16.5. The van der Waals surface area contributed by atoms with Crippen LogP contribution in [0.2, 0.25) is 0 Å². The van der Waals surface area contributed by atoms with E-state index in [9.17, 15) is 9.59 Å². The van der Waals surface area contributed by atoms with E-state index in [0.29, 0.717) is 13.2 Å². The number of carbonyl (C=O) groups is 2. The highest BCUT2D eigenvalue weighted by molar-refractivity contribution is 5.81. The molecule has 0 heterocycles. The summed E-state index contributed by atoms with van der Waals surface area (Å²) in [6, 6.07) is 25.4. The molecule has 3 aromatic carbocycles. The van der Waals surface area contributed by atoms with Crippen molar-refractivity contribution in [3.05, 3.63) is 115 Å². The zero-order chi connectivity index (χ0) is 25.8. The molecule has 5 nitrogen and oxygen atoms in total. The molecule has 0 aliphatic carbocycles. The first-order valence-corrected chi connectivity index (χ1v) is 12.1. The van der Waals surface area contributed by atoms with Crippen molar-refractivity contribution in [3.8, 4) is 0 Å². The predicted octanol–water partition coefficient (Wildman–Crippen LogP) is 6.79. The molecule has 0 unspecified atom stereocenters. The molecule has 0 amide bonds. The Kier molecular flexibility index (Phi) is 10.1. The zero-order valence-electron chi connectivity index (χ0n) is 20.8. The number of esters is 2. The Morgan fingerprint density at radius 2 is 1.03 bits per heavy atom. The quantitative estimate of drug-likeness (QED) is 0.152. The molecule has 0 fully saturated rings. The van der Waals surface area contributed by atoms with Crippen LogP contribution in [0.1, 0.15) is 29.5 Å². The summed E-state index contributed by atoms with van der Waals surface area (Å²) in [7, 11) is 0. The van der Waals surface area contributed by atoms with Crippen LogP contribution in [0.15, 0.2) is 98.1 Å². The number of nitrogens with zero attached hydrogens (tertiary/aromatic N) is 1. The molecule has 36 heavy (non-hydrogen) atoms. The smallest absolute Gasteiger partial charge is 0.330 e. The van der Waals surface area contributed by atoms with E-state index in [0.717, 1.165) is 42.7 Å². The number of benzene rings is 3. The summed E-state index contributed by atoms with van der Waals surface area (Å²) >= 11 is 0. The molecule has 0 saturated heterocycles. The maximum atomic E-state index is 11.2. The predicted molar refractivity (Wildman–Crippen MR) is 145 cm³/mol. The lowest BCUT2D eigenvalue weighted by atomic mass is 10.1. The fourth-order valence-electron chi connectivity index (χ4n) is 3.78. The van der Waals surface area contributed by atoms with Crippen LogP contribution in [0.25, 0.3) is 0 Å². The Balaban J connectivity index is 1.71. The van der Waals surface area contributed by atoms with Gasteiger partial charge in [-0.25, -0.2) is 9.59 Å².